The SMILES string of the molecule is S=C=NCCN1CCNC1=S. The molecule has 0 spiro atoms. The van der Waals surface area contributed by atoms with E-state index in [9.17, 15) is 0 Å². The zero-order chi connectivity index (χ0) is 8.10. The van der Waals surface area contributed by atoms with Gasteiger partial charge in [-0.15, -0.1) is 0 Å². The summed E-state index contributed by atoms with van der Waals surface area (Å²) < 4.78 is 0. The highest BCUT2D eigenvalue weighted by atomic mass is 32.1. The number of isothiocyanates is 1. The fourth-order valence-corrected chi connectivity index (χ4v) is 1.32. The molecule has 1 fully saturated rings. The molecule has 0 bridgehead atoms. The van der Waals surface area contributed by atoms with Crippen molar-refractivity contribution in [2.45, 2.75) is 0 Å². The van der Waals surface area contributed by atoms with Crippen molar-refractivity contribution >= 4 is 34.7 Å². The van der Waals surface area contributed by atoms with Gasteiger partial charge in [-0.25, -0.2) is 4.99 Å². The molecule has 3 nitrogen and oxygen atoms in total. The lowest BCUT2D eigenvalue weighted by molar-refractivity contribution is 0.480. The lowest BCUT2D eigenvalue weighted by atomic mass is 10.5. The first-order valence-electron chi connectivity index (χ1n) is 3.41. The fraction of sp³-hybridized carbons (Fsp3) is 0.667. The molecule has 0 atom stereocenters. The van der Waals surface area contributed by atoms with Crippen LogP contribution in [0.3, 0.4) is 0 Å². The number of hydrogen-bond donors (Lipinski definition) is 1. The van der Waals surface area contributed by atoms with E-state index in [1.807, 2.05) is 0 Å². The zero-order valence-corrected chi connectivity index (χ0v) is 7.67. The maximum Gasteiger partial charge on any atom is 0.169 e. The van der Waals surface area contributed by atoms with Gasteiger partial charge < -0.3 is 10.2 Å². The third-order valence-corrected chi connectivity index (χ3v) is 2.02. The minimum absolute atomic E-state index is 0.686. The van der Waals surface area contributed by atoms with E-state index in [1.54, 1.807) is 0 Å². The fourth-order valence-electron chi connectivity index (χ4n) is 0.941. The summed E-state index contributed by atoms with van der Waals surface area (Å²) in [6.07, 6.45) is 0. The normalized spacial score (nSPS) is 16.0. The molecule has 5 heteroatoms. The van der Waals surface area contributed by atoms with Crippen molar-refractivity contribution < 1.29 is 0 Å². The van der Waals surface area contributed by atoms with Gasteiger partial charge in [0.05, 0.1) is 11.7 Å². The Morgan fingerprint density at radius 3 is 3.09 bits per heavy atom. The van der Waals surface area contributed by atoms with Gasteiger partial charge in [0.2, 0.25) is 0 Å². The van der Waals surface area contributed by atoms with Crippen molar-refractivity contribution in [1.82, 2.24) is 10.2 Å². The summed E-state index contributed by atoms with van der Waals surface area (Å²) in [5, 5.41) is 6.21. The second kappa shape index (κ2) is 4.38. The third-order valence-electron chi connectivity index (χ3n) is 1.49. The van der Waals surface area contributed by atoms with Crippen LogP contribution in [-0.4, -0.2) is 41.4 Å². The summed E-state index contributed by atoms with van der Waals surface area (Å²) in [7, 11) is 0. The van der Waals surface area contributed by atoms with Crippen molar-refractivity contribution in [3.63, 3.8) is 0 Å². The van der Waals surface area contributed by atoms with Gasteiger partial charge in [0, 0.05) is 19.6 Å². The minimum atomic E-state index is 0.686. The van der Waals surface area contributed by atoms with Gasteiger partial charge >= 0.3 is 0 Å². The summed E-state index contributed by atoms with van der Waals surface area (Å²) in [6.45, 7) is 3.45. The van der Waals surface area contributed by atoms with E-state index in [1.165, 1.54) is 0 Å². The van der Waals surface area contributed by atoms with Crippen LogP contribution in [0.15, 0.2) is 4.99 Å². The number of thiocarbonyl (C=S) groups is 2. The Bertz CT molecular complexity index is 198. The number of hydrogen-bond acceptors (Lipinski definition) is 3. The molecule has 0 aromatic rings. The van der Waals surface area contributed by atoms with Gasteiger partial charge in [0.1, 0.15) is 0 Å². The van der Waals surface area contributed by atoms with E-state index in [-0.39, 0.29) is 0 Å². The second-order valence-corrected chi connectivity index (χ2v) is 2.76. The Labute approximate surface area is 76.5 Å². The van der Waals surface area contributed by atoms with Crippen molar-refractivity contribution in [1.29, 1.82) is 0 Å². The van der Waals surface area contributed by atoms with Crippen molar-refractivity contribution in [2.24, 2.45) is 4.99 Å². The molecule has 1 heterocycles. The molecule has 0 unspecified atom stereocenters. The molecule has 1 aliphatic rings. The Kier molecular flexibility index (Phi) is 3.42. The van der Waals surface area contributed by atoms with E-state index in [0.29, 0.717) is 6.54 Å². The average molecular weight is 187 g/mol. The highest BCUT2D eigenvalue weighted by Gasteiger charge is 2.13. The summed E-state index contributed by atoms with van der Waals surface area (Å²) in [6, 6.07) is 0. The molecule has 0 radical (unpaired) electrons. The molecule has 1 rings (SSSR count). The molecule has 11 heavy (non-hydrogen) atoms. The Morgan fingerprint density at radius 1 is 1.73 bits per heavy atom. The molecule has 0 aliphatic carbocycles. The molecule has 60 valence electrons. The van der Waals surface area contributed by atoms with Crippen molar-refractivity contribution in [3.8, 4) is 0 Å². The maximum atomic E-state index is 5.02. The standard InChI is InChI=1S/C6H9N3S2/c10-5-7-1-3-9-4-2-8-6(9)11/h1-4H2,(H,8,11). The van der Waals surface area contributed by atoms with E-state index in [0.717, 1.165) is 24.7 Å². The van der Waals surface area contributed by atoms with Gasteiger partial charge in [-0.3, -0.25) is 0 Å². The predicted octanol–water partition coefficient (Wildman–Crippen LogP) is 0.279. The van der Waals surface area contributed by atoms with Crippen LogP contribution in [0.1, 0.15) is 0 Å². The van der Waals surface area contributed by atoms with Crippen LogP contribution in [0.4, 0.5) is 0 Å². The molecule has 1 saturated heterocycles. The van der Waals surface area contributed by atoms with Gasteiger partial charge in [-0.05, 0) is 24.4 Å². The molecule has 0 aromatic carbocycles. The lowest BCUT2D eigenvalue weighted by Gasteiger charge is -2.13. The highest BCUT2D eigenvalue weighted by molar-refractivity contribution is 7.80. The first-order valence-corrected chi connectivity index (χ1v) is 4.22. The first kappa shape index (κ1) is 8.59. The number of rotatable bonds is 3. The average Bonchev–Trinajstić information content (AvgIpc) is 2.37. The first-order chi connectivity index (χ1) is 5.34. The van der Waals surface area contributed by atoms with E-state index in [2.05, 4.69) is 32.6 Å². The molecule has 0 aromatic heterocycles. The van der Waals surface area contributed by atoms with Crippen LogP contribution in [0.25, 0.3) is 0 Å². The van der Waals surface area contributed by atoms with Crippen LogP contribution >= 0.6 is 24.4 Å². The maximum absolute atomic E-state index is 5.02. The Balaban J connectivity index is 2.25. The summed E-state index contributed by atoms with van der Waals surface area (Å²) in [5.41, 5.74) is 0. The topological polar surface area (TPSA) is 27.6 Å². The van der Waals surface area contributed by atoms with Crippen LogP contribution in [0, 0.1) is 0 Å². The molecule has 0 saturated carbocycles. The summed E-state index contributed by atoms with van der Waals surface area (Å²) in [4.78, 5) is 5.88. The Hall–Kier alpha value is -0.510. The van der Waals surface area contributed by atoms with Crippen LogP contribution in [0.2, 0.25) is 0 Å². The molecular formula is C6H9N3S2. The van der Waals surface area contributed by atoms with Gasteiger partial charge in [0.15, 0.2) is 5.11 Å². The Morgan fingerprint density at radius 2 is 2.55 bits per heavy atom. The van der Waals surface area contributed by atoms with Gasteiger partial charge in [-0.2, -0.15) is 0 Å². The monoisotopic (exact) mass is 187 g/mol. The molecular weight excluding hydrogens is 178 g/mol. The van der Waals surface area contributed by atoms with Crippen LogP contribution in [0.5, 0.6) is 0 Å². The molecule has 0 amide bonds. The van der Waals surface area contributed by atoms with E-state index >= 15 is 0 Å². The van der Waals surface area contributed by atoms with Gasteiger partial charge in [0.25, 0.3) is 0 Å². The van der Waals surface area contributed by atoms with Crippen LogP contribution in [-0.2, 0) is 0 Å². The zero-order valence-electron chi connectivity index (χ0n) is 6.04. The summed E-state index contributed by atoms with van der Waals surface area (Å²) in [5.74, 6) is 0. The summed E-state index contributed by atoms with van der Waals surface area (Å²) >= 11 is 9.45. The smallest absolute Gasteiger partial charge is 0.169 e. The van der Waals surface area contributed by atoms with Crippen LogP contribution < -0.4 is 5.32 Å². The largest absolute Gasteiger partial charge is 0.361 e. The quantitative estimate of drug-likeness (QED) is 0.507. The number of nitrogens with zero attached hydrogens (tertiary/aromatic N) is 2. The van der Waals surface area contributed by atoms with E-state index in [4.69, 9.17) is 12.2 Å². The van der Waals surface area contributed by atoms with Gasteiger partial charge in [-0.1, -0.05) is 0 Å². The predicted molar refractivity (Wildman–Crippen MR) is 52.1 cm³/mol. The van der Waals surface area contributed by atoms with Crippen molar-refractivity contribution in [2.75, 3.05) is 26.2 Å². The third kappa shape index (κ3) is 2.54. The number of nitrogens with one attached hydrogen (secondary N) is 1. The second-order valence-electron chi connectivity index (χ2n) is 2.19. The minimum Gasteiger partial charge on any atom is -0.361 e. The lowest BCUT2D eigenvalue weighted by Crippen LogP contribution is -2.29. The molecule has 1 aliphatic heterocycles. The highest BCUT2D eigenvalue weighted by Crippen LogP contribution is 1.95. The van der Waals surface area contributed by atoms with Crippen molar-refractivity contribution in [3.05, 3.63) is 0 Å². The van der Waals surface area contributed by atoms with E-state index < -0.39 is 0 Å². The number of aliphatic imine (C=N–C) groups is 1. The molecule has 1 N–H and O–H groups in total.